The number of esters is 2. The average Bonchev–Trinajstić information content (AvgIpc) is 2.75. The molecule has 0 aromatic heterocycles. The van der Waals surface area contributed by atoms with Crippen LogP contribution in [0.25, 0.3) is 0 Å². The molecule has 0 aromatic carbocycles. The monoisotopic (exact) mass is 240 g/mol. The lowest BCUT2D eigenvalue weighted by atomic mass is 10.1. The summed E-state index contributed by atoms with van der Waals surface area (Å²) in [5, 5.41) is 0. The molecule has 0 heterocycles. The third-order valence-electron chi connectivity index (χ3n) is 2.54. The fourth-order valence-electron chi connectivity index (χ4n) is 1.65. The van der Waals surface area contributed by atoms with Crippen molar-refractivity contribution in [3.8, 4) is 0 Å². The van der Waals surface area contributed by atoms with E-state index in [0.29, 0.717) is 37.5 Å². The van der Waals surface area contributed by atoms with Gasteiger partial charge in [-0.3, -0.25) is 4.79 Å². The highest BCUT2D eigenvalue weighted by Crippen LogP contribution is 2.27. The molecule has 1 atom stereocenters. The molecule has 0 saturated carbocycles. The van der Waals surface area contributed by atoms with Crippen LogP contribution in [-0.4, -0.2) is 25.2 Å². The van der Waals surface area contributed by atoms with Crippen molar-refractivity contribution < 1.29 is 19.1 Å². The first-order valence-electron chi connectivity index (χ1n) is 6.07. The molecule has 0 unspecified atom stereocenters. The summed E-state index contributed by atoms with van der Waals surface area (Å²) in [6.45, 7) is 6.54. The summed E-state index contributed by atoms with van der Waals surface area (Å²) in [5.74, 6) is -0.410. The largest absolute Gasteiger partial charge is 0.465 e. The summed E-state index contributed by atoms with van der Waals surface area (Å²) in [6.07, 6.45) is 2.79. The average molecular weight is 240 g/mol. The Hall–Kier alpha value is -1.32. The van der Waals surface area contributed by atoms with E-state index < -0.39 is 0 Å². The number of carbonyl (C=O) groups is 2. The first-order valence-corrected chi connectivity index (χ1v) is 6.07. The fourth-order valence-corrected chi connectivity index (χ4v) is 1.65. The van der Waals surface area contributed by atoms with Crippen LogP contribution in [0.15, 0.2) is 11.6 Å². The van der Waals surface area contributed by atoms with Gasteiger partial charge in [-0.15, -0.1) is 0 Å². The van der Waals surface area contributed by atoms with Crippen LogP contribution >= 0.6 is 0 Å². The van der Waals surface area contributed by atoms with E-state index in [1.165, 1.54) is 0 Å². The molecular formula is C13H20O4. The highest BCUT2D eigenvalue weighted by atomic mass is 16.5. The van der Waals surface area contributed by atoms with Crippen molar-refractivity contribution in [3.63, 3.8) is 0 Å². The van der Waals surface area contributed by atoms with Crippen LogP contribution in [0.3, 0.4) is 0 Å². The molecule has 1 aliphatic carbocycles. The van der Waals surface area contributed by atoms with Crippen molar-refractivity contribution in [2.24, 2.45) is 11.8 Å². The molecule has 0 bridgehead atoms. The third-order valence-corrected chi connectivity index (χ3v) is 2.54. The maximum absolute atomic E-state index is 11.7. The van der Waals surface area contributed by atoms with Crippen molar-refractivity contribution in [1.29, 1.82) is 0 Å². The molecule has 96 valence electrons. The van der Waals surface area contributed by atoms with Crippen molar-refractivity contribution in [1.82, 2.24) is 0 Å². The fraction of sp³-hybridized carbons (Fsp3) is 0.692. The molecule has 1 rings (SSSR count). The number of carbonyl (C=O) groups excluding carboxylic acids is 2. The predicted octanol–water partition coefficient (Wildman–Crippen LogP) is 2.09. The Kier molecular flexibility index (Phi) is 5.19. The molecule has 4 heteroatoms. The number of allylic oxidation sites excluding steroid dienone is 1. The zero-order chi connectivity index (χ0) is 12.8. The SMILES string of the molecule is CCOC(=O)C1=CC[C@@H](C(=O)OCC(C)C)C1. The van der Waals surface area contributed by atoms with Crippen LogP contribution < -0.4 is 0 Å². The van der Waals surface area contributed by atoms with E-state index in [4.69, 9.17) is 9.47 Å². The molecule has 17 heavy (non-hydrogen) atoms. The Morgan fingerprint density at radius 1 is 1.41 bits per heavy atom. The van der Waals surface area contributed by atoms with E-state index in [0.717, 1.165) is 0 Å². The molecule has 0 spiro atoms. The van der Waals surface area contributed by atoms with Gasteiger partial charge in [0, 0.05) is 5.57 Å². The van der Waals surface area contributed by atoms with E-state index in [-0.39, 0.29) is 17.9 Å². The maximum Gasteiger partial charge on any atom is 0.333 e. The molecule has 4 nitrogen and oxygen atoms in total. The Morgan fingerprint density at radius 2 is 2.12 bits per heavy atom. The zero-order valence-corrected chi connectivity index (χ0v) is 10.7. The molecule has 0 fully saturated rings. The Morgan fingerprint density at radius 3 is 2.71 bits per heavy atom. The van der Waals surface area contributed by atoms with Gasteiger partial charge in [0.1, 0.15) is 0 Å². The predicted molar refractivity (Wildman–Crippen MR) is 63.2 cm³/mol. The summed E-state index contributed by atoms with van der Waals surface area (Å²) < 4.78 is 10.0. The minimum Gasteiger partial charge on any atom is -0.465 e. The first kappa shape index (κ1) is 13.7. The first-order chi connectivity index (χ1) is 8.04. The Labute approximate surface area is 102 Å². The van der Waals surface area contributed by atoms with Gasteiger partial charge >= 0.3 is 11.9 Å². The number of hydrogen-bond acceptors (Lipinski definition) is 4. The van der Waals surface area contributed by atoms with Crippen LogP contribution in [0.4, 0.5) is 0 Å². The maximum atomic E-state index is 11.7. The molecule has 0 aromatic rings. The van der Waals surface area contributed by atoms with Crippen LogP contribution in [0, 0.1) is 11.8 Å². The third kappa shape index (κ3) is 4.21. The van der Waals surface area contributed by atoms with Gasteiger partial charge in [-0.05, 0) is 25.7 Å². The highest BCUT2D eigenvalue weighted by Gasteiger charge is 2.29. The van der Waals surface area contributed by atoms with Gasteiger partial charge in [0.15, 0.2) is 0 Å². The molecule has 0 radical (unpaired) electrons. The molecule has 1 aliphatic rings. The van der Waals surface area contributed by atoms with Crippen molar-refractivity contribution in [3.05, 3.63) is 11.6 Å². The summed E-state index contributed by atoms with van der Waals surface area (Å²) >= 11 is 0. The van der Waals surface area contributed by atoms with Crippen LogP contribution in [0.5, 0.6) is 0 Å². The van der Waals surface area contributed by atoms with Crippen molar-refractivity contribution in [2.75, 3.05) is 13.2 Å². The van der Waals surface area contributed by atoms with Gasteiger partial charge in [0.05, 0.1) is 19.1 Å². The zero-order valence-electron chi connectivity index (χ0n) is 10.7. The summed E-state index contributed by atoms with van der Waals surface area (Å²) in [6, 6.07) is 0. The summed E-state index contributed by atoms with van der Waals surface area (Å²) in [7, 11) is 0. The van der Waals surface area contributed by atoms with Gasteiger partial charge < -0.3 is 9.47 Å². The van der Waals surface area contributed by atoms with Crippen molar-refractivity contribution in [2.45, 2.75) is 33.6 Å². The lowest BCUT2D eigenvalue weighted by molar-refractivity contribution is -0.149. The smallest absolute Gasteiger partial charge is 0.333 e. The number of ether oxygens (including phenoxy) is 2. The number of rotatable bonds is 5. The lowest BCUT2D eigenvalue weighted by Gasteiger charge is -2.11. The standard InChI is InChI=1S/C13H20O4/c1-4-16-12(14)10-5-6-11(7-10)13(15)17-8-9(2)3/h5,9,11H,4,6-8H2,1-3H3/t11-/m1/s1. The summed E-state index contributed by atoms with van der Waals surface area (Å²) in [4.78, 5) is 23.1. The van der Waals surface area contributed by atoms with Crippen LogP contribution in [0.1, 0.15) is 33.6 Å². The topological polar surface area (TPSA) is 52.6 Å². The van der Waals surface area contributed by atoms with Gasteiger partial charge in [-0.2, -0.15) is 0 Å². The quantitative estimate of drug-likeness (QED) is 0.690. The van der Waals surface area contributed by atoms with E-state index in [2.05, 4.69) is 0 Å². The van der Waals surface area contributed by atoms with Gasteiger partial charge in [-0.25, -0.2) is 4.79 Å². The molecule has 0 amide bonds. The molecular weight excluding hydrogens is 220 g/mol. The second-order valence-corrected chi connectivity index (χ2v) is 4.61. The van der Waals surface area contributed by atoms with Crippen LogP contribution in [0.2, 0.25) is 0 Å². The van der Waals surface area contributed by atoms with E-state index in [9.17, 15) is 9.59 Å². The minimum atomic E-state index is -0.313. The van der Waals surface area contributed by atoms with E-state index in [1.54, 1.807) is 13.0 Å². The van der Waals surface area contributed by atoms with Gasteiger partial charge in [-0.1, -0.05) is 19.9 Å². The second kappa shape index (κ2) is 6.42. The molecule has 0 aliphatic heterocycles. The number of hydrogen-bond donors (Lipinski definition) is 0. The van der Waals surface area contributed by atoms with E-state index in [1.807, 2.05) is 13.8 Å². The lowest BCUT2D eigenvalue weighted by Crippen LogP contribution is -2.19. The van der Waals surface area contributed by atoms with E-state index >= 15 is 0 Å². The second-order valence-electron chi connectivity index (χ2n) is 4.61. The van der Waals surface area contributed by atoms with Gasteiger partial charge in [0.2, 0.25) is 0 Å². The molecule has 0 saturated heterocycles. The van der Waals surface area contributed by atoms with Crippen LogP contribution in [-0.2, 0) is 19.1 Å². The van der Waals surface area contributed by atoms with Gasteiger partial charge in [0.25, 0.3) is 0 Å². The molecule has 0 N–H and O–H groups in total. The van der Waals surface area contributed by atoms with Crippen molar-refractivity contribution >= 4 is 11.9 Å². The minimum absolute atomic E-state index is 0.214. The normalized spacial score (nSPS) is 19.1. The Balaban J connectivity index is 2.37. The Bertz CT molecular complexity index is 317. The highest BCUT2D eigenvalue weighted by molar-refractivity contribution is 5.90. The summed E-state index contributed by atoms with van der Waals surface area (Å²) in [5.41, 5.74) is 0.596.